The molecule has 0 aliphatic rings. The molecule has 0 unspecified atom stereocenters. The Morgan fingerprint density at radius 2 is 1.68 bits per heavy atom. The molecule has 0 aliphatic carbocycles. The number of ether oxygens (including phenoxy) is 3. The van der Waals surface area contributed by atoms with Crippen LogP contribution >= 0.6 is 0 Å². The van der Waals surface area contributed by atoms with Crippen LogP contribution in [-0.2, 0) is 4.74 Å². The topological polar surface area (TPSA) is 44.8 Å². The number of carbonyl (C=O) groups is 1. The number of hydrogen-bond donors (Lipinski definition) is 0. The third-order valence-corrected chi connectivity index (χ3v) is 3.31. The van der Waals surface area contributed by atoms with Gasteiger partial charge >= 0.3 is 5.97 Å². The summed E-state index contributed by atoms with van der Waals surface area (Å²) in [6, 6.07) is 11.1. The van der Waals surface area contributed by atoms with Gasteiger partial charge < -0.3 is 14.2 Å². The van der Waals surface area contributed by atoms with Crippen LogP contribution in [0.25, 0.3) is 11.1 Å². The summed E-state index contributed by atoms with van der Waals surface area (Å²) in [6.45, 7) is 4.11. The van der Waals surface area contributed by atoms with Gasteiger partial charge in [-0.3, -0.25) is 0 Å². The molecule has 0 heterocycles. The molecule has 0 bridgehead atoms. The van der Waals surface area contributed by atoms with Crippen LogP contribution in [0.4, 0.5) is 0 Å². The van der Waals surface area contributed by atoms with Crippen molar-refractivity contribution in [1.82, 2.24) is 0 Å². The smallest absolute Gasteiger partial charge is 0.338 e. The summed E-state index contributed by atoms with van der Waals surface area (Å²) in [7, 11) is 3.24. The largest absolute Gasteiger partial charge is 0.496 e. The number of aryl methyl sites for hydroxylation is 1. The molecule has 0 saturated heterocycles. The standard InChI is InChI=1S/C18H20O4/c1-5-22-18(19)14-8-6-7-13(11-14)17-15(20-3)9-12(2)10-16(17)21-4/h6-11H,5H2,1-4H3. The van der Waals surface area contributed by atoms with Gasteiger partial charge in [0.1, 0.15) is 11.5 Å². The number of hydrogen-bond acceptors (Lipinski definition) is 4. The normalized spacial score (nSPS) is 10.2. The van der Waals surface area contributed by atoms with E-state index in [2.05, 4.69) is 0 Å². The first-order valence-electron chi connectivity index (χ1n) is 7.10. The molecule has 2 aromatic rings. The van der Waals surface area contributed by atoms with Gasteiger partial charge in [0.05, 0.1) is 32.0 Å². The minimum Gasteiger partial charge on any atom is -0.496 e. The van der Waals surface area contributed by atoms with E-state index in [1.807, 2.05) is 31.2 Å². The highest BCUT2D eigenvalue weighted by molar-refractivity contribution is 5.92. The Morgan fingerprint density at radius 1 is 1.05 bits per heavy atom. The van der Waals surface area contributed by atoms with Crippen molar-refractivity contribution in [1.29, 1.82) is 0 Å². The maximum absolute atomic E-state index is 11.9. The SMILES string of the molecule is CCOC(=O)c1cccc(-c2c(OC)cc(C)cc2OC)c1. The van der Waals surface area contributed by atoms with Crippen LogP contribution in [0.5, 0.6) is 11.5 Å². The molecule has 22 heavy (non-hydrogen) atoms. The van der Waals surface area contributed by atoms with Crippen LogP contribution < -0.4 is 9.47 Å². The van der Waals surface area contributed by atoms with E-state index in [9.17, 15) is 4.79 Å². The van der Waals surface area contributed by atoms with Crippen molar-refractivity contribution < 1.29 is 19.0 Å². The third kappa shape index (κ3) is 3.22. The Kier molecular flexibility index (Phi) is 5.04. The molecule has 4 heteroatoms. The predicted octanol–water partition coefficient (Wildman–Crippen LogP) is 3.86. The van der Waals surface area contributed by atoms with E-state index in [0.717, 1.165) is 16.7 Å². The molecule has 116 valence electrons. The van der Waals surface area contributed by atoms with Crippen molar-refractivity contribution in [2.24, 2.45) is 0 Å². The maximum Gasteiger partial charge on any atom is 0.338 e. The van der Waals surface area contributed by atoms with Crippen LogP contribution in [0.1, 0.15) is 22.8 Å². The van der Waals surface area contributed by atoms with Crippen LogP contribution in [0, 0.1) is 6.92 Å². The highest BCUT2D eigenvalue weighted by Crippen LogP contribution is 2.39. The first-order chi connectivity index (χ1) is 10.6. The second-order valence-electron chi connectivity index (χ2n) is 4.85. The highest BCUT2D eigenvalue weighted by Gasteiger charge is 2.15. The molecule has 0 fully saturated rings. The minimum atomic E-state index is -0.339. The lowest BCUT2D eigenvalue weighted by Gasteiger charge is -2.15. The maximum atomic E-state index is 11.9. The molecule has 2 aromatic carbocycles. The zero-order chi connectivity index (χ0) is 16.1. The van der Waals surface area contributed by atoms with Crippen LogP contribution in [0.15, 0.2) is 36.4 Å². The molecular formula is C18H20O4. The Labute approximate surface area is 130 Å². The summed E-state index contributed by atoms with van der Waals surface area (Å²) >= 11 is 0. The van der Waals surface area contributed by atoms with Gasteiger partial charge in [-0.1, -0.05) is 12.1 Å². The van der Waals surface area contributed by atoms with Gasteiger partial charge in [0.25, 0.3) is 0 Å². The van der Waals surface area contributed by atoms with Gasteiger partial charge in [-0.25, -0.2) is 4.79 Å². The number of rotatable bonds is 5. The van der Waals surface area contributed by atoms with Crippen molar-refractivity contribution in [2.45, 2.75) is 13.8 Å². The van der Waals surface area contributed by atoms with E-state index >= 15 is 0 Å². The second-order valence-corrected chi connectivity index (χ2v) is 4.85. The Bertz CT molecular complexity index is 652. The van der Waals surface area contributed by atoms with E-state index in [-0.39, 0.29) is 5.97 Å². The first-order valence-corrected chi connectivity index (χ1v) is 7.10. The van der Waals surface area contributed by atoms with Crippen LogP contribution in [0.2, 0.25) is 0 Å². The van der Waals surface area contributed by atoms with Crippen molar-refractivity contribution in [3.05, 3.63) is 47.5 Å². The van der Waals surface area contributed by atoms with E-state index in [1.165, 1.54) is 0 Å². The van der Waals surface area contributed by atoms with E-state index in [1.54, 1.807) is 33.3 Å². The molecule has 0 saturated carbocycles. The first kappa shape index (κ1) is 15.9. The zero-order valence-electron chi connectivity index (χ0n) is 13.3. The Balaban J connectivity index is 2.56. The Hall–Kier alpha value is -2.49. The summed E-state index contributed by atoms with van der Waals surface area (Å²) in [5.74, 6) is 1.07. The lowest BCUT2D eigenvalue weighted by molar-refractivity contribution is 0.0526. The highest BCUT2D eigenvalue weighted by atomic mass is 16.5. The molecule has 0 N–H and O–H groups in total. The molecule has 2 rings (SSSR count). The van der Waals surface area contributed by atoms with Gasteiger partial charge in [0.15, 0.2) is 0 Å². The lowest BCUT2D eigenvalue weighted by atomic mass is 9.99. The average Bonchev–Trinajstić information content (AvgIpc) is 2.54. The molecule has 0 atom stereocenters. The summed E-state index contributed by atoms with van der Waals surface area (Å²) in [4.78, 5) is 11.9. The van der Waals surface area contributed by atoms with Gasteiger partial charge in [0, 0.05) is 0 Å². The molecule has 0 spiro atoms. The predicted molar refractivity (Wildman–Crippen MR) is 85.7 cm³/mol. The molecule has 0 aromatic heterocycles. The van der Waals surface area contributed by atoms with E-state index < -0.39 is 0 Å². The minimum absolute atomic E-state index is 0.339. The van der Waals surface area contributed by atoms with Crippen molar-refractivity contribution >= 4 is 5.97 Å². The molecule has 0 aliphatic heterocycles. The molecular weight excluding hydrogens is 280 g/mol. The zero-order valence-corrected chi connectivity index (χ0v) is 13.3. The van der Waals surface area contributed by atoms with Crippen LogP contribution in [-0.4, -0.2) is 26.8 Å². The van der Waals surface area contributed by atoms with Gasteiger partial charge in [-0.2, -0.15) is 0 Å². The summed E-state index contributed by atoms with van der Waals surface area (Å²) in [6.07, 6.45) is 0. The fourth-order valence-corrected chi connectivity index (χ4v) is 2.34. The van der Waals surface area contributed by atoms with E-state index in [4.69, 9.17) is 14.2 Å². The summed E-state index contributed by atoms with van der Waals surface area (Å²) in [5.41, 5.74) is 3.21. The second kappa shape index (κ2) is 6.98. The van der Waals surface area contributed by atoms with Gasteiger partial charge in [-0.05, 0) is 49.2 Å². The molecule has 0 radical (unpaired) electrons. The summed E-state index contributed by atoms with van der Waals surface area (Å²) < 4.78 is 16.0. The van der Waals surface area contributed by atoms with Crippen molar-refractivity contribution in [2.75, 3.05) is 20.8 Å². The number of benzene rings is 2. The molecule has 0 amide bonds. The third-order valence-electron chi connectivity index (χ3n) is 3.31. The lowest BCUT2D eigenvalue weighted by Crippen LogP contribution is -2.04. The fraction of sp³-hybridized carbons (Fsp3) is 0.278. The molecule has 4 nitrogen and oxygen atoms in total. The van der Waals surface area contributed by atoms with E-state index in [0.29, 0.717) is 23.7 Å². The van der Waals surface area contributed by atoms with Crippen LogP contribution in [0.3, 0.4) is 0 Å². The monoisotopic (exact) mass is 300 g/mol. The van der Waals surface area contributed by atoms with Gasteiger partial charge in [0.2, 0.25) is 0 Å². The quantitative estimate of drug-likeness (QED) is 0.787. The average molecular weight is 300 g/mol. The van der Waals surface area contributed by atoms with Crippen molar-refractivity contribution in [3.63, 3.8) is 0 Å². The van der Waals surface area contributed by atoms with Gasteiger partial charge in [-0.15, -0.1) is 0 Å². The Morgan fingerprint density at radius 3 is 2.23 bits per heavy atom. The summed E-state index contributed by atoms with van der Waals surface area (Å²) in [5, 5.41) is 0. The van der Waals surface area contributed by atoms with Crippen molar-refractivity contribution in [3.8, 4) is 22.6 Å². The number of esters is 1. The number of carbonyl (C=O) groups excluding carboxylic acids is 1. The number of methoxy groups -OCH3 is 2. The fourth-order valence-electron chi connectivity index (χ4n) is 2.34.